The molecule has 1 aliphatic rings. The molecule has 0 bridgehead atoms. The van der Waals surface area contributed by atoms with Crippen LogP contribution in [0.3, 0.4) is 0 Å². The number of methoxy groups -OCH3 is 1. The van der Waals surface area contributed by atoms with Gasteiger partial charge in [-0.2, -0.15) is 0 Å². The van der Waals surface area contributed by atoms with E-state index in [1.54, 1.807) is 7.11 Å². The summed E-state index contributed by atoms with van der Waals surface area (Å²) in [6, 6.07) is 7.99. The van der Waals surface area contributed by atoms with Gasteiger partial charge in [-0.25, -0.2) is 0 Å². The maximum absolute atomic E-state index is 11.7. The van der Waals surface area contributed by atoms with Crippen molar-refractivity contribution in [3.63, 3.8) is 0 Å². The van der Waals surface area contributed by atoms with Crippen molar-refractivity contribution < 1.29 is 9.53 Å². The van der Waals surface area contributed by atoms with E-state index in [1.807, 2.05) is 18.2 Å². The van der Waals surface area contributed by atoms with Gasteiger partial charge in [-0.3, -0.25) is 4.79 Å². The average molecular weight is 234 g/mol. The molecule has 0 saturated carbocycles. The minimum absolute atomic E-state index is 0.0102. The molecular formula is C13H18N2O2. The van der Waals surface area contributed by atoms with Gasteiger partial charge in [-0.1, -0.05) is 24.3 Å². The van der Waals surface area contributed by atoms with E-state index in [9.17, 15) is 4.79 Å². The van der Waals surface area contributed by atoms with Gasteiger partial charge in [0, 0.05) is 19.6 Å². The molecule has 3 N–H and O–H groups in total. The van der Waals surface area contributed by atoms with E-state index < -0.39 is 0 Å². The van der Waals surface area contributed by atoms with Gasteiger partial charge in [0.25, 0.3) is 0 Å². The minimum atomic E-state index is -0.0597. The monoisotopic (exact) mass is 234 g/mol. The van der Waals surface area contributed by atoms with E-state index in [2.05, 4.69) is 11.4 Å². The number of nitrogens with one attached hydrogen (secondary N) is 1. The number of hydrogen-bond donors (Lipinski definition) is 2. The first-order chi connectivity index (χ1) is 8.22. The van der Waals surface area contributed by atoms with Crippen molar-refractivity contribution >= 4 is 5.91 Å². The van der Waals surface area contributed by atoms with Gasteiger partial charge in [-0.15, -0.1) is 0 Å². The van der Waals surface area contributed by atoms with Crippen LogP contribution in [0.4, 0.5) is 0 Å². The maximum Gasteiger partial charge on any atom is 0.222 e. The van der Waals surface area contributed by atoms with Crippen molar-refractivity contribution in [1.82, 2.24) is 5.32 Å². The number of carbonyl (C=O) groups is 1. The van der Waals surface area contributed by atoms with E-state index in [-0.39, 0.29) is 18.0 Å². The number of ether oxygens (including phenoxy) is 1. The lowest BCUT2D eigenvalue weighted by molar-refractivity contribution is -0.122. The standard InChI is InChI=1S/C13H18N2O2/c1-17-7-6-12(16)15-13-10-5-3-2-4-9(10)8-11(13)14/h2-5,11,13H,6-8,14H2,1H3,(H,15,16). The molecule has 4 heteroatoms. The average Bonchev–Trinajstić information content (AvgIpc) is 2.64. The fourth-order valence-corrected chi connectivity index (χ4v) is 2.25. The van der Waals surface area contributed by atoms with Gasteiger partial charge < -0.3 is 15.8 Å². The van der Waals surface area contributed by atoms with Crippen LogP contribution in [0.15, 0.2) is 24.3 Å². The van der Waals surface area contributed by atoms with Crippen molar-refractivity contribution in [3.05, 3.63) is 35.4 Å². The molecule has 4 nitrogen and oxygen atoms in total. The summed E-state index contributed by atoms with van der Waals surface area (Å²) in [6.07, 6.45) is 1.20. The topological polar surface area (TPSA) is 64.3 Å². The summed E-state index contributed by atoms with van der Waals surface area (Å²) in [5.41, 5.74) is 8.44. The molecular weight excluding hydrogens is 216 g/mol. The fraction of sp³-hybridized carbons (Fsp3) is 0.462. The molecule has 1 aromatic carbocycles. The minimum Gasteiger partial charge on any atom is -0.384 e. The number of rotatable bonds is 4. The van der Waals surface area contributed by atoms with Crippen LogP contribution in [0.1, 0.15) is 23.6 Å². The summed E-state index contributed by atoms with van der Waals surface area (Å²) in [5.74, 6) is -0.0102. The first-order valence-corrected chi connectivity index (χ1v) is 5.84. The summed E-state index contributed by atoms with van der Waals surface area (Å²) < 4.78 is 4.88. The molecule has 0 aromatic heterocycles. The molecule has 0 radical (unpaired) electrons. The number of amides is 1. The molecule has 0 saturated heterocycles. The smallest absolute Gasteiger partial charge is 0.222 e. The second-order valence-corrected chi connectivity index (χ2v) is 4.35. The molecule has 17 heavy (non-hydrogen) atoms. The Morgan fingerprint density at radius 3 is 3.06 bits per heavy atom. The second-order valence-electron chi connectivity index (χ2n) is 4.35. The van der Waals surface area contributed by atoms with Crippen LogP contribution in [-0.2, 0) is 16.0 Å². The number of nitrogens with two attached hydrogens (primary N) is 1. The van der Waals surface area contributed by atoms with Crippen LogP contribution in [0.25, 0.3) is 0 Å². The van der Waals surface area contributed by atoms with Gasteiger partial charge in [0.15, 0.2) is 0 Å². The Morgan fingerprint density at radius 2 is 2.29 bits per heavy atom. The zero-order chi connectivity index (χ0) is 12.3. The molecule has 92 valence electrons. The molecule has 1 aromatic rings. The normalized spacial score (nSPS) is 22.2. The molecule has 1 amide bonds. The fourth-order valence-electron chi connectivity index (χ4n) is 2.25. The third-order valence-corrected chi connectivity index (χ3v) is 3.12. The quantitative estimate of drug-likeness (QED) is 0.808. The summed E-state index contributed by atoms with van der Waals surface area (Å²) in [5, 5.41) is 2.98. The summed E-state index contributed by atoms with van der Waals surface area (Å²) >= 11 is 0. The molecule has 0 spiro atoms. The van der Waals surface area contributed by atoms with Gasteiger partial charge in [0.05, 0.1) is 12.6 Å². The molecule has 2 atom stereocenters. The Hall–Kier alpha value is -1.39. The Balaban J connectivity index is 2.04. The van der Waals surface area contributed by atoms with Gasteiger partial charge in [-0.05, 0) is 17.5 Å². The molecule has 2 unspecified atom stereocenters. The Kier molecular flexibility index (Phi) is 3.76. The van der Waals surface area contributed by atoms with Crippen LogP contribution in [0.5, 0.6) is 0 Å². The highest BCUT2D eigenvalue weighted by Crippen LogP contribution is 2.29. The second kappa shape index (κ2) is 5.29. The number of carbonyl (C=O) groups excluding carboxylic acids is 1. The predicted molar refractivity (Wildman–Crippen MR) is 65.5 cm³/mol. The van der Waals surface area contributed by atoms with E-state index in [4.69, 9.17) is 10.5 Å². The first kappa shape index (κ1) is 12.1. The number of fused-ring (bicyclic) bond motifs is 1. The van der Waals surface area contributed by atoms with Gasteiger partial charge in [0.2, 0.25) is 5.91 Å². The lowest BCUT2D eigenvalue weighted by Crippen LogP contribution is -2.38. The molecule has 0 aliphatic heterocycles. The van der Waals surface area contributed by atoms with Crippen LogP contribution in [0, 0.1) is 0 Å². The van der Waals surface area contributed by atoms with E-state index >= 15 is 0 Å². The van der Waals surface area contributed by atoms with Crippen LogP contribution in [0.2, 0.25) is 0 Å². The van der Waals surface area contributed by atoms with Crippen molar-refractivity contribution in [2.24, 2.45) is 5.73 Å². The predicted octanol–water partition coefficient (Wildman–Crippen LogP) is 0.764. The Labute approximate surface area is 101 Å². The highest BCUT2D eigenvalue weighted by Gasteiger charge is 2.30. The lowest BCUT2D eigenvalue weighted by atomic mass is 10.1. The van der Waals surface area contributed by atoms with E-state index in [0.29, 0.717) is 13.0 Å². The molecule has 2 rings (SSSR count). The van der Waals surface area contributed by atoms with Crippen LogP contribution >= 0.6 is 0 Å². The van der Waals surface area contributed by atoms with Crippen molar-refractivity contribution in [3.8, 4) is 0 Å². The van der Waals surface area contributed by atoms with E-state index in [1.165, 1.54) is 5.56 Å². The highest BCUT2D eigenvalue weighted by molar-refractivity contribution is 5.76. The SMILES string of the molecule is COCCC(=O)NC1c2ccccc2CC1N. The molecule has 0 fully saturated rings. The summed E-state index contributed by atoms with van der Waals surface area (Å²) in [4.78, 5) is 11.7. The zero-order valence-electron chi connectivity index (χ0n) is 9.98. The van der Waals surface area contributed by atoms with Crippen LogP contribution < -0.4 is 11.1 Å². The van der Waals surface area contributed by atoms with Gasteiger partial charge in [0.1, 0.15) is 0 Å². The summed E-state index contributed by atoms with van der Waals surface area (Å²) in [7, 11) is 1.59. The third kappa shape index (κ3) is 2.65. The van der Waals surface area contributed by atoms with Crippen LogP contribution in [-0.4, -0.2) is 25.7 Å². The largest absolute Gasteiger partial charge is 0.384 e. The van der Waals surface area contributed by atoms with Crippen molar-refractivity contribution in [2.75, 3.05) is 13.7 Å². The van der Waals surface area contributed by atoms with Crippen molar-refractivity contribution in [2.45, 2.75) is 24.9 Å². The van der Waals surface area contributed by atoms with E-state index in [0.717, 1.165) is 12.0 Å². The number of benzene rings is 1. The Morgan fingerprint density at radius 1 is 1.53 bits per heavy atom. The lowest BCUT2D eigenvalue weighted by Gasteiger charge is -2.18. The first-order valence-electron chi connectivity index (χ1n) is 5.84. The highest BCUT2D eigenvalue weighted by atomic mass is 16.5. The Bertz CT molecular complexity index is 406. The summed E-state index contributed by atoms with van der Waals surface area (Å²) in [6.45, 7) is 0.440. The molecule has 0 heterocycles. The molecule has 1 aliphatic carbocycles. The van der Waals surface area contributed by atoms with Crippen molar-refractivity contribution in [1.29, 1.82) is 0 Å². The number of hydrogen-bond acceptors (Lipinski definition) is 3. The van der Waals surface area contributed by atoms with Gasteiger partial charge >= 0.3 is 0 Å². The third-order valence-electron chi connectivity index (χ3n) is 3.12. The zero-order valence-corrected chi connectivity index (χ0v) is 9.98. The maximum atomic E-state index is 11.7.